The minimum Gasteiger partial charge on any atom is -0.387 e. The number of aliphatic hydroxyl groups is 2. The molecule has 0 bridgehead atoms. The van der Waals surface area contributed by atoms with Crippen LogP contribution in [0.4, 0.5) is 17.5 Å². The number of aromatic nitrogens is 4. The van der Waals surface area contributed by atoms with E-state index >= 15 is 0 Å². The van der Waals surface area contributed by atoms with Gasteiger partial charge in [0.1, 0.15) is 24.6 Å². The van der Waals surface area contributed by atoms with Crippen molar-refractivity contribution >= 4 is 49.4 Å². The summed E-state index contributed by atoms with van der Waals surface area (Å²) in [6, 6.07) is 10.9. The first-order valence-electron chi connectivity index (χ1n) is 14.3. The molecule has 2 aromatic heterocycles. The van der Waals surface area contributed by atoms with Crippen LogP contribution in [0.5, 0.6) is 0 Å². The Hall–Kier alpha value is -3.60. The lowest BCUT2D eigenvalue weighted by molar-refractivity contribution is -0.0364. The van der Waals surface area contributed by atoms with E-state index in [4.69, 9.17) is 10.5 Å². The van der Waals surface area contributed by atoms with Crippen LogP contribution < -0.4 is 20.7 Å². The monoisotopic (exact) mass is 611 g/mol. The van der Waals surface area contributed by atoms with Crippen LogP contribution in [-0.4, -0.2) is 108 Å². The van der Waals surface area contributed by atoms with E-state index in [2.05, 4.69) is 29.9 Å². The molecule has 43 heavy (non-hydrogen) atoms. The molecule has 15 heteroatoms. The molecule has 4 heterocycles. The molecule has 0 radical (unpaired) electrons. The highest BCUT2D eigenvalue weighted by molar-refractivity contribution is 7.89. The van der Waals surface area contributed by atoms with Gasteiger partial charge in [-0.2, -0.15) is 0 Å². The summed E-state index contributed by atoms with van der Waals surface area (Å²) >= 11 is 0. The summed E-state index contributed by atoms with van der Waals surface area (Å²) in [6.45, 7) is 3.09. The van der Waals surface area contributed by atoms with Gasteiger partial charge in [-0.15, -0.1) is 0 Å². The molecule has 0 saturated carbocycles. The van der Waals surface area contributed by atoms with Gasteiger partial charge < -0.3 is 30.9 Å². The zero-order valence-electron chi connectivity index (χ0n) is 24.1. The number of fused-ring (bicyclic) bond motifs is 2. The molecular weight excluding hydrogens is 574 g/mol. The van der Waals surface area contributed by atoms with E-state index in [9.17, 15) is 18.6 Å². The summed E-state index contributed by atoms with van der Waals surface area (Å²) < 4.78 is 36.9. The van der Waals surface area contributed by atoms with Crippen molar-refractivity contribution in [3.8, 4) is 0 Å². The van der Waals surface area contributed by atoms with Crippen LogP contribution in [0.15, 0.2) is 47.6 Å². The van der Waals surface area contributed by atoms with Crippen LogP contribution in [-0.2, 0) is 14.8 Å². The third kappa shape index (κ3) is 5.83. The number of hydrogen-bond donors (Lipinski definition) is 5. The number of benzene rings is 2. The third-order valence-corrected chi connectivity index (χ3v) is 9.40. The maximum absolute atomic E-state index is 13.2. The Morgan fingerprint density at radius 3 is 2.56 bits per heavy atom. The Bertz CT molecular complexity index is 1730. The van der Waals surface area contributed by atoms with Crippen molar-refractivity contribution in [2.45, 2.75) is 42.3 Å². The minimum atomic E-state index is -3.74. The number of nitrogens with zero attached hydrogens (tertiary/aromatic N) is 6. The van der Waals surface area contributed by atoms with Gasteiger partial charge in [-0.1, -0.05) is 24.3 Å². The fourth-order valence-corrected chi connectivity index (χ4v) is 6.81. The van der Waals surface area contributed by atoms with Gasteiger partial charge in [0.2, 0.25) is 16.0 Å². The van der Waals surface area contributed by atoms with Crippen LogP contribution in [0.1, 0.15) is 19.1 Å². The second-order valence-corrected chi connectivity index (χ2v) is 12.9. The summed E-state index contributed by atoms with van der Waals surface area (Å²) in [5.74, 6) is 0.542. The Balaban J connectivity index is 1.11. The number of nitrogen functional groups attached to an aromatic ring is 1. The minimum absolute atomic E-state index is 0.182. The summed E-state index contributed by atoms with van der Waals surface area (Å²) in [5.41, 5.74) is 7.73. The van der Waals surface area contributed by atoms with Gasteiger partial charge in [-0.3, -0.25) is 9.47 Å². The van der Waals surface area contributed by atoms with Gasteiger partial charge in [0.25, 0.3) is 0 Å². The fraction of sp³-hybridized carbons (Fsp3) is 0.464. The molecule has 2 saturated heterocycles. The average molecular weight is 612 g/mol. The number of nitrogens with two attached hydrogens (primary N) is 1. The third-order valence-electron chi connectivity index (χ3n) is 7.88. The highest BCUT2D eigenvalue weighted by atomic mass is 32.2. The van der Waals surface area contributed by atoms with Crippen LogP contribution in [0.25, 0.3) is 21.9 Å². The SMILES string of the molecule is CN(C)c1cccc2c(S(=O)(=O)NCCCCNc3nc4c(N)ncnc4n3[C@@H]3O[C@H](CN4CC4)[C@H](O)[C@H]3O)cccc12. The summed E-state index contributed by atoms with van der Waals surface area (Å²) in [5, 5.41) is 26.3. The Labute approximate surface area is 249 Å². The van der Waals surface area contributed by atoms with E-state index in [1.807, 2.05) is 43.3 Å². The lowest BCUT2D eigenvalue weighted by Gasteiger charge is -2.20. The molecule has 2 aromatic carbocycles. The molecule has 0 amide bonds. The number of rotatable bonds is 12. The molecule has 4 atom stereocenters. The van der Waals surface area contributed by atoms with E-state index in [0.717, 1.165) is 24.2 Å². The van der Waals surface area contributed by atoms with Crippen molar-refractivity contribution in [3.05, 3.63) is 42.7 Å². The van der Waals surface area contributed by atoms with Crippen LogP contribution in [0.3, 0.4) is 0 Å². The number of nitrogens with one attached hydrogen (secondary N) is 2. The van der Waals surface area contributed by atoms with Gasteiger partial charge in [0.15, 0.2) is 23.2 Å². The Kier molecular flexibility index (Phi) is 8.10. The highest BCUT2D eigenvalue weighted by Crippen LogP contribution is 2.36. The van der Waals surface area contributed by atoms with Gasteiger partial charge in [-0.25, -0.2) is 28.1 Å². The van der Waals surface area contributed by atoms with Gasteiger partial charge >= 0.3 is 0 Å². The van der Waals surface area contributed by atoms with Crippen LogP contribution >= 0.6 is 0 Å². The average Bonchev–Trinajstić information content (AvgIpc) is 3.67. The van der Waals surface area contributed by atoms with Crippen molar-refractivity contribution in [1.82, 2.24) is 29.1 Å². The maximum Gasteiger partial charge on any atom is 0.241 e. The van der Waals surface area contributed by atoms with E-state index in [-0.39, 0.29) is 17.3 Å². The molecule has 2 aliphatic rings. The van der Waals surface area contributed by atoms with Crippen molar-refractivity contribution in [1.29, 1.82) is 0 Å². The van der Waals surface area contributed by atoms with E-state index in [0.29, 0.717) is 48.4 Å². The van der Waals surface area contributed by atoms with Gasteiger partial charge in [0.05, 0.1) is 4.90 Å². The second kappa shape index (κ2) is 11.8. The first kappa shape index (κ1) is 29.5. The largest absolute Gasteiger partial charge is 0.387 e. The maximum atomic E-state index is 13.2. The molecule has 2 aliphatic heterocycles. The zero-order valence-corrected chi connectivity index (χ0v) is 24.9. The van der Waals surface area contributed by atoms with E-state index in [1.165, 1.54) is 6.33 Å². The van der Waals surface area contributed by atoms with Gasteiger partial charge in [0, 0.05) is 63.3 Å². The quantitative estimate of drug-likeness (QED) is 0.112. The standard InChI is InChI=1S/C28H37N9O5S/c1-35(2)19-9-5-8-18-17(19)7-6-10-21(18)43(40,41)33-12-4-3-11-30-28-34-22-25(29)31-16-32-26(22)37(28)27-24(39)23(38)20(42-27)15-36-13-14-36/h5-10,16,20,23-24,27,33,38-39H,3-4,11-15H2,1-2H3,(H,30,34)(H2,29,31,32)/t20-,23+,24-,27-/m1/s1. The van der Waals surface area contributed by atoms with E-state index < -0.39 is 34.6 Å². The Morgan fingerprint density at radius 1 is 1.05 bits per heavy atom. The lowest BCUT2D eigenvalue weighted by atomic mass is 10.1. The molecule has 230 valence electrons. The molecule has 6 N–H and O–H groups in total. The first-order valence-corrected chi connectivity index (χ1v) is 15.8. The van der Waals surface area contributed by atoms with Crippen molar-refractivity contribution < 1.29 is 23.4 Å². The molecule has 2 fully saturated rings. The first-order chi connectivity index (χ1) is 20.7. The normalized spacial score (nSPS) is 22.4. The number of hydrogen-bond acceptors (Lipinski definition) is 12. The van der Waals surface area contributed by atoms with Gasteiger partial charge in [-0.05, 0) is 25.0 Å². The Morgan fingerprint density at radius 2 is 1.79 bits per heavy atom. The number of aliphatic hydroxyl groups excluding tert-OH is 2. The molecule has 0 spiro atoms. The predicted octanol–water partition coefficient (Wildman–Crippen LogP) is 0.733. The summed E-state index contributed by atoms with van der Waals surface area (Å²) in [6.07, 6.45) is -1.27. The molecule has 0 unspecified atom stereocenters. The van der Waals surface area contributed by atoms with Crippen molar-refractivity contribution in [3.63, 3.8) is 0 Å². The van der Waals surface area contributed by atoms with E-state index in [1.54, 1.807) is 16.7 Å². The van der Waals surface area contributed by atoms with Crippen molar-refractivity contribution in [2.75, 3.05) is 62.8 Å². The van der Waals surface area contributed by atoms with Crippen LogP contribution in [0.2, 0.25) is 0 Å². The zero-order chi connectivity index (χ0) is 30.3. The lowest BCUT2D eigenvalue weighted by Crippen LogP contribution is -2.35. The smallest absolute Gasteiger partial charge is 0.241 e. The summed E-state index contributed by atoms with van der Waals surface area (Å²) in [7, 11) is 0.118. The predicted molar refractivity (Wildman–Crippen MR) is 163 cm³/mol. The molecule has 4 aromatic rings. The second-order valence-electron chi connectivity index (χ2n) is 11.1. The number of anilines is 3. The molecular formula is C28H37N9O5S. The topological polar surface area (TPSA) is 184 Å². The number of sulfonamides is 1. The fourth-order valence-electron chi connectivity index (χ4n) is 5.52. The van der Waals surface area contributed by atoms with Crippen molar-refractivity contribution in [2.24, 2.45) is 0 Å². The number of ether oxygens (including phenoxy) is 1. The molecule has 14 nitrogen and oxygen atoms in total. The number of imidazole rings is 1. The number of unbranched alkanes of at least 4 members (excludes halogenated alkanes) is 1. The summed E-state index contributed by atoms with van der Waals surface area (Å²) in [4.78, 5) is 17.2. The highest BCUT2D eigenvalue weighted by Gasteiger charge is 2.46. The van der Waals surface area contributed by atoms with Crippen LogP contribution in [0, 0.1) is 0 Å². The molecule has 6 rings (SSSR count). The molecule has 0 aliphatic carbocycles.